The number of nitrogens with one attached hydrogen (secondary N) is 2. The summed E-state index contributed by atoms with van der Waals surface area (Å²) < 4.78 is 37.3. The van der Waals surface area contributed by atoms with Crippen molar-refractivity contribution in [1.29, 1.82) is 0 Å². The highest BCUT2D eigenvalue weighted by Crippen LogP contribution is 2.29. The van der Waals surface area contributed by atoms with Crippen LogP contribution in [0.5, 0.6) is 0 Å². The van der Waals surface area contributed by atoms with Gasteiger partial charge in [-0.1, -0.05) is 12.1 Å². The van der Waals surface area contributed by atoms with Crippen LogP contribution < -0.4 is 10.6 Å². The van der Waals surface area contributed by atoms with E-state index in [1.165, 1.54) is 12.1 Å². The lowest BCUT2D eigenvalue weighted by atomic mass is 10.1. The Labute approximate surface area is 115 Å². The van der Waals surface area contributed by atoms with Crippen LogP contribution in [-0.4, -0.2) is 18.5 Å². The van der Waals surface area contributed by atoms with Crippen LogP contribution in [0.4, 0.5) is 13.2 Å². The second-order valence-electron chi connectivity index (χ2n) is 5.06. The second-order valence-corrected chi connectivity index (χ2v) is 5.06. The zero-order chi connectivity index (χ0) is 14.8. The van der Waals surface area contributed by atoms with E-state index in [-0.39, 0.29) is 18.5 Å². The number of alkyl halides is 3. The molecule has 0 radical (unpaired) electrons. The zero-order valence-corrected chi connectivity index (χ0v) is 11.1. The summed E-state index contributed by atoms with van der Waals surface area (Å²) in [5, 5.41) is 5.84. The van der Waals surface area contributed by atoms with Crippen LogP contribution in [0.15, 0.2) is 24.3 Å². The van der Waals surface area contributed by atoms with E-state index in [2.05, 4.69) is 10.6 Å². The van der Waals surface area contributed by atoms with Crippen LogP contribution in [0.1, 0.15) is 36.9 Å². The van der Waals surface area contributed by atoms with E-state index in [1.54, 1.807) is 0 Å². The molecule has 1 amide bonds. The summed E-state index contributed by atoms with van der Waals surface area (Å²) >= 11 is 0. The minimum atomic E-state index is -4.32. The van der Waals surface area contributed by atoms with Crippen LogP contribution in [0, 0.1) is 0 Å². The molecule has 0 saturated heterocycles. The van der Waals surface area contributed by atoms with Crippen molar-refractivity contribution in [2.75, 3.05) is 6.54 Å². The minimum absolute atomic E-state index is 0.0775. The molecule has 3 nitrogen and oxygen atoms in total. The summed E-state index contributed by atoms with van der Waals surface area (Å²) in [5.74, 6) is -0.0775. The summed E-state index contributed by atoms with van der Waals surface area (Å²) in [5.41, 5.74) is 0.0529. The van der Waals surface area contributed by atoms with E-state index >= 15 is 0 Å². The fraction of sp³-hybridized carbons (Fsp3) is 0.500. The third kappa shape index (κ3) is 4.23. The molecule has 2 N–H and O–H groups in total. The first-order chi connectivity index (χ1) is 9.36. The van der Waals surface area contributed by atoms with Gasteiger partial charge in [0, 0.05) is 12.1 Å². The largest absolute Gasteiger partial charge is 0.416 e. The molecule has 20 heavy (non-hydrogen) atoms. The normalized spacial score (nSPS) is 16.8. The molecular formula is C14H17F3N2O. The lowest BCUT2D eigenvalue weighted by molar-refractivity contribution is -0.137. The molecule has 1 aliphatic carbocycles. The molecule has 0 aromatic heterocycles. The topological polar surface area (TPSA) is 41.1 Å². The maximum absolute atomic E-state index is 12.4. The van der Waals surface area contributed by atoms with Crippen molar-refractivity contribution < 1.29 is 18.0 Å². The lowest BCUT2D eigenvalue weighted by Gasteiger charge is -2.15. The number of benzene rings is 1. The summed E-state index contributed by atoms with van der Waals surface area (Å²) in [6, 6.07) is 5.10. The van der Waals surface area contributed by atoms with Gasteiger partial charge in [0.05, 0.1) is 12.1 Å². The van der Waals surface area contributed by atoms with Gasteiger partial charge in [0.1, 0.15) is 0 Å². The fourth-order valence-corrected chi connectivity index (χ4v) is 1.83. The Hall–Kier alpha value is -1.56. The van der Waals surface area contributed by atoms with Crippen molar-refractivity contribution in [3.8, 4) is 0 Å². The average molecular weight is 286 g/mol. The molecule has 0 aliphatic heterocycles. The summed E-state index contributed by atoms with van der Waals surface area (Å²) in [7, 11) is 0. The first kappa shape index (κ1) is 14.8. The Balaban J connectivity index is 1.85. The van der Waals surface area contributed by atoms with E-state index in [1.807, 2.05) is 6.92 Å². The molecule has 0 heterocycles. The van der Waals surface area contributed by atoms with Crippen LogP contribution in [-0.2, 0) is 11.0 Å². The minimum Gasteiger partial charge on any atom is -0.352 e. The second kappa shape index (κ2) is 5.83. The number of carbonyl (C=O) groups excluding carboxylic acids is 1. The van der Waals surface area contributed by atoms with E-state index in [9.17, 15) is 18.0 Å². The number of carbonyl (C=O) groups is 1. The van der Waals surface area contributed by atoms with Gasteiger partial charge in [-0.25, -0.2) is 0 Å². The molecule has 0 bridgehead atoms. The quantitative estimate of drug-likeness (QED) is 0.873. The Kier molecular flexibility index (Phi) is 4.32. The van der Waals surface area contributed by atoms with Gasteiger partial charge in [-0.3, -0.25) is 4.79 Å². The lowest BCUT2D eigenvalue weighted by Crippen LogP contribution is -2.36. The maximum atomic E-state index is 12.4. The highest BCUT2D eigenvalue weighted by atomic mass is 19.4. The van der Waals surface area contributed by atoms with Gasteiger partial charge in [0.25, 0.3) is 0 Å². The van der Waals surface area contributed by atoms with Gasteiger partial charge in [-0.05, 0) is 37.5 Å². The Morgan fingerprint density at radius 1 is 1.30 bits per heavy atom. The number of amides is 1. The number of halogens is 3. The first-order valence-corrected chi connectivity index (χ1v) is 6.56. The smallest absolute Gasteiger partial charge is 0.352 e. The fourth-order valence-electron chi connectivity index (χ4n) is 1.83. The Bertz CT molecular complexity index is 466. The van der Waals surface area contributed by atoms with Gasteiger partial charge in [-0.15, -0.1) is 0 Å². The van der Waals surface area contributed by atoms with Crippen molar-refractivity contribution in [1.82, 2.24) is 10.6 Å². The number of hydrogen-bond acceptors (Lipinski definition) is 2. The molecule has 1 saturated carbocycles. The zero-order valence-electron chi connectivity index (χ0n) is 11.1. The van der Waals surface area contributed by atoms with Gasteiger partial charge < -0.3 is 10.6 Å². The Morgan fingerprint density at radius 3 is 2.40 bits per heavy atom. The number of hydrogen-bond donors (Lipinski definition) is 2. The van der Waals surface area contributed by atoms with Crippen molar-refractivity contribution in [3.63, 3.8) is 0 Å². The van der Waals surface area contributed by atoms with Crippen LogP contribution >= 0.6 is 0 Å². The van der Waals surface area contributed by atoms with E-state index in [0.717, 1.165) is 30.5 Å². The molecule has 6 heteroatoms. The van der Waals surface area contributed by atoms with Crippen LogP contribution in [0.3, 0.4) is 0 Å². The summed E-state index contributed by atoms with van der Waals surface area (Å²) in [4.78, 5) is 11.5. The van der Waals surface area contributed by atoms with Gasteiger partial charge in [0.15, 0.2) is 0 Å². The predicted molar refractivity (Wildman–Crippen MR) is 69.0 cm³/mol. The monoisotopic (exact) mass is 286 g/mol. The van der Waals surface area contributed by atoms with Gasteiger partial charge in [-0.2, -0.15) is 13.2 Å². The van der Waals surface area contributed by atoms with Crippen molar-refractivity contribution in [3.05, 3.63) is 35.4 Å². The van der Waals surface area contributed by atoms with Crippen molar-refractivity contribution in [2.45, 2.75) is 38.0 Å². The molecule has 110 valence electrons. The van der Waals surface area contributed by atoms with Gasteiger partial charge >= 0.3 is 6.18 Å². The van der Waals surface area contributed by atoms with Crippen LogP contribution in [0.25, 0.3) is 0 Å². The summed E-state index contributed by atoms with van der Waals surface area (Å²) in [6.45, 7) is 1.98. The molecule has 1 aliphatic rings. The maximum Gasteiger partial charge on any atom is 0.416 e. The third-order valence-corrected chi connectivity index (χ3v) is 3.25. The van der Waals surface area contributed by atoms with Crippen molar-refractivity contribution >= 4 is 5.91 Å². The SMILES string of the molecule is CC(NCC(=O)NC1CC1)c1ccc(C(F)(F)F)cc1. The Morgan fingerprint density at radius 2 is 1.90 bits per heavy atom. The van der Waals surface area contributed by atoms with E-state index < -0.39 is 11.7 Å². The third-order valence-electron chi connectivity index (χ3n) is 3.25. The predicted octanol–water partition coefficient (Wildman–Crippen LogP) is 2.63. The molecule has 2 rings (SSSR count). The summed E-state index contributed by atoms with van der Waals surface area (Å²) in [6.07, 6.45) is -2.26. The molecule has 1 fully saturated rings. The first-order valence-electron chi connectivity index (χ1n) is 6.56. The van der Waals surface area contributed by atoms with E-state index in [0.29, 0.717) is 6.04 Å². The number of rotatable bonds is 5. The van der Waals surface area contributed by atoms with Crippen LogP contribution in [0.2, 0.25) is 0 Å². The van der Waals surface area contributed by atoms with Crippen molar-refractivity contribution in [2.24, 2.45) is 0 Å². The molecule has 1 atom stereocenters. The molecule has 1 unspecified atom stereocenters. The highest BCUT2D eigenvalue weighted by molar-refractivity contribution is 5.78. The standard InChI is InChI=1S/C14H17F3N2O/c1-9(18-8-13(20)19-12-6-7-12)10-2-4-11(5-3-10)14(15,16)17/h2-5,9,12,18H,6-8H2,1H3,(H,19,20). The molecular weight excluding hydrogens is 269 g/mol. The molecule has 1 aromatic rings. The highest BCUT2D eigenvalue weighted by Gasteiger charge is 2.30. The molecule has 0 spiro atoms. The molecule has 1 aromatic carbocycles. The van der Waals surface area contributed by atoms with Gasteiger partial charge in [0.2, 0.25) is 5.91 Å². The van der Waals surface area contributed by atoms with E-state index in [4.69, 9.17) is 0 Å². The average Bonchev–Trinajstić information content (AvgIpc) is 3.19.